The van der Waals surface area contributed by atoms with Crippen LogP contribution in [0.5, 0.6) is 0 Å². The molecule has 174 valence electrons. The molecule has 6 aliphatic rings. The van der Waals surface area contributed by atoms with Crippen molar-refractivity contribution in [1.29, 1.82) is 0 Å². The lowest BCUT2D eigenvalue weighted by Gasteiger charge is -2.61. The third-order valence-electron chi connectivity index (χ3n) is 8.98. The number of fused-ring (bicyclic) bond motifs is 2. The van der Waals surface area contributed by atoms with E-state index >= 15 is 0 Å². The van der Waals surface area contributed by atoms with Crippen LogP contribution in [-0.4, -0.2) is 31.8 Å². The molecule has 1 aliphatic heterocycles. The first-order chi connectivity index (χ1) is 15.8. The lowest BCUT2D eigenvalue weighted by molar-refractivity contribution is -0.0922. The van der Waals surface area contributed by atoms with Crippen LogP contribution in [0.1, 0.15) is 51.9 Å². The van der Waals surface area contributed by atoms with Crippen molar-refractivity contribution in [3.05, 3.63) is 39.6 Å². The van der Waals surface area contributed by atoms with E-state index in [2.05, 4.69) is 23.3 Å². The van der Waals surface area contributed by atoms with E-state index in [4.69, 9.17) is 21.3 Å². The van der Waals surface area contributed by atoms with Gasteiger partial charge in [-0.25, -0.2) is 9.78 Å². The van der Waals surface area contributed by atoms with Crippen LogP contribution < -0.4 is 11.0 Å². The van der Waals surface area contributed by atoms with Crippen LogP contribution >= 0.6 is 11.6 Å². The number of rotatable bonds is 3. The van der Waals surface area contributed by atoms with E-state index in [1.54, 1.807) is 10.8 Å². The summed E-state index contributed by atoms with van der Waals surface area (Å²) < 4.78 is 9.49. The van der Waals surface area contributed by atoms with Gasteiger partial charge in [-0.05, 0) is 68.3 Å². The van der Waals surface area contributed by atoms with Crippen molar-refractivity contribution < 1.29 is 4.74 Å². The van der Waals surface area contributed by atoms with E-state index in [9.17, 15) is 4.79 Å². The molecule has 0 amide bonds. The number of nitrogens with zero attached hydrogens (tertiary/aromatic N) is 4. The Kier molecular flexibility index (Phi) is 4.13. The first-order valence-electron chi connectivity index (χ1n) is 12.3. The van der Waals surface area contributed by atoms with E-state index in [1.165, 1.54) is 19.3 Å². The highest BCUT2D eigenvalue weighted by molar-refractivity contribution is 6.32. The fourth-order valence-electron chi connectivity index (χ4n) is 8.26. The molecule has 4 bridgehead atoms. The van der Waals surface area contributed by atoms with E-state index in [1.807, 2.05) is 17.7 Å². The summed E-state index contributed by atoms with van der Waals surface area (Å²) in [5, 5.41) is 3.96. The number of imidazole rings is 1. The van der Waals surface area contributed by atoms with Crippen LogP contribution in [-0.2, 0) is 17.3 Å². The SMILES string of the molecule is Cn1c(=O)n(C23CC4CC(CC(C)(C4)C2)C3)c2nc(NC3=CC4CCOC4C=C3Cl)ncc21. The molecule has 0 spiro atoms. The molecule has 5 aliphatic carbocycles. The minimum absolute atomic E-state index is 0.0303. The van der Waals surface area contributed by atoms with Crippen molar-refractivity contribution in [3.8, 4) is 0 Å². The number of ether oxygens (including phenoxy) is 1. The summed E-state index contributed by atoms with van der Waals surface area (Å²) in [5.41, 5.74) is 2.58. The molecular weight excluding hydrogens is 438 g/mol. The van der Waals surface area contributed by atoms with Gasteiger partial charge >= 0.3 is 5.69 Å². The summed E-state index contributed by atoms with van der Waals surface area (Å²) in [6.45, 7) is 3.18. The Morgan fingerprint density at radius 3 is 2.76 bits per heavy atom. The van der Waals surface area contributed by atoms with Crippen molar-refractivity contribution >= 4 is 28.7 Å². The molecular formula is C25H30ClN5O2. The largest absolute Gasteiger partial charge is 0.373 e. The summed E-state index contributed by atoms with van der Waals surface area (Å²) in [6, 6.07) is 0. The predicted octanol–water partition coefficient (Wildman–Crippen LogP) is 4.28. The van der Waals surface area contributed by atoms with Gasteiger partial charge in [0.05, 0.1) is 28.6 Å². The van der Waals surface area contributed by atoms with Gasteiger partial charge in [0.25, 0.3) is 0 Å². The maximum absolute atomic E-state index is 13.6. The summed E-state index contributed by atoms with van der Waals surface area (Å²) >= 11 is 6.54. The Hall–Kier alpha value is -2.12. The number of aromatic nitrogens is 4. The molecule has 5 fully saturated rings. The van der Waals surface area contributed by atoms with Gasteiger partial charge in [-0.1, -0.05) is 24.6 Å². The molecule has 2 aromatic heterocycles. The highest BCUT2D eigenvalue weighted by Crippen LogP contribution is 2.64. The summed E-state index contributed by atoms with van der Waals surface area (Å²) in [4.78, 5) is 23.0. The van der Waals surface area contributed by atoms with Crippen molar-refractivity contribution in [2.75, 3.05) is 11.9 Å². The van der Waals surface area contributed by atoms with Gasteiger partial charge in [-0.3, -0.25) is 9.13 Å². The molecule has 4 atom stereocenters. The molecule has 1 saturated heterocycles. The molecule has 0 radical (unpaired) electrons. The van der Waals surface area contributed by atoms with Crippen LogP contribution in [0.2, 0.25) is 0 Å². The third kappa shape index (κ3) is 2.94. The number of nitrogens with one attached hydrogen (secondary N) is 1. The first kappa shape index (κ1) is 20.3. The van der Waals surface area contributed by atoms with Crippen molar-refractivity contribution in [1.82, 2.24) is 19.1 Å². The normalized spacial score (nSPS) is 39.0. The van der Waals surface area contributed by atoms with Crippen molar-refractivity contribution in [3.63, 3.8) is 0 Å². The Bertz CT molecular complexity index is 1280. The van der Waals surface area contributed by atoms with Gasteiger partial charge in [0.1, 0.15) is 5.52 Å². The molecule has 8 rings (SSSR count). The number of hydrogen-bond donors (Lipinski definition) is 1. The van der Waals surface area contributed by atoms with Gasteiger partial charge in [-0.2, -0.15) is 4.98 Å². The van der Waals surface area contributed by atoms with Gasteiger partial charge in [0.2, 0.25) is 5.95 Å². The third-order valence-corrected chi connectivity index (χ3v) is 9.31. The summed E-state index contributed by atoms with van der Waals surface area (Å²) in [7, 11) is 1.84. The van der Waals surface area contributed by atoms with Gasteiger partial charge in [0, 0.05) is 19.6 Å². The van der Waals surface area contributed by atoms with Crippen molar-refractivity contribution in [2.45, 2.75) is 63.5 Å². The van der Waals surface area contributed by atoms with Crippen LogP contribution in [0.4, 0.5) is 5.95 Å². The van der Waals surface area contributed by atoms with Crippen molar-refractivity contribution in [2.24, 2.45) is 30.2 Å². The number of halogens is 1. The second kappa shape index (κ2) is 6.72. The zero-order chi connectivity index (χ0) is 22.5. The van der Waals surface area contributed by atoms with E-state index in [0.29, 0.717) is 22.3 Å². The standard InChI is InChI=1S/C25H30ClN5O2/c1-24-8-14-5-15(9-24)11-25(10-14,13-24)31-21-19(30(2)23(31)32)12-27-22(29-21)28-18-6-16-3-4-33-20(16)7-17(18)26/h6-7,12,14-16,20H,3-5,8-11,13H2,1-2H3,(H,27,28,29). The smallest absolute Gasteiger partial charge is 0.330 e. The molecule has 2 aromatic rings. The topological polar surface area (TPSA) is 74.0 Å². The zero-order valence-electron chi connectivity index (χ0n) is 19.2. The quantitative estimate of drug-likeness (QED) is 0.729. The Labute approximate surface area is 197 Å². The van der Waals surface area contributed by atoms with Crippen LogP contribution in [0.15, 0.2) is 33.9 Å². The molecule has 3 heterocycles. The number of aryl methyl sites for hydroxylation is 1. The molecule has 8 heteroatoms. The second-order valence-corrected chi connectivity index (χ2v) is 12.0. The second-order valence-electron chi connectivity index (χ2n) is 11.6. The van der Waals surface area contributed by atoms with Crippen LogP contribution in [0.25, 0.3) is 11.2 Å². The molecule has 7 nitrogen and oxygen atoms in total. The van der Waals surface area contributed by atoms with E-state index in [-0.39, 0.29) is 17.3 Å². The van der Waals surface area contributed by atoms with Gasteiger partial charge < -0.3 is 10.1 Å². The maximum atomic E-state index is 13.6. The fraction of sp³-hybridized carbons (Fsp3) is 0.640. The molecule has 33 heavy (non-hydrogen) atoms. The highest BCUT2D eigenvalue weighted by Gasteiger charge is 2.57. The number of hydrogen-bond acceptors (Lipinski definition) is 5. The Balaban J connectivity index is 1.31. The van der Waals surface area contributed by atoms with E-state index < -0.39 is 0 Å². The molecule has 0 aromatic carbocycles. The average molecular weight is 468 g/mol. The lowest BCUT2D eigenvalue weighted by atomic mass is 9.47. The predicted molar refractivity (Wildman–Crippen MR) is 127 cm³/mol. The minimum Gasteiger partial charge on any atom is -0.373 e. The van der Waals surface area contributed by atoms with Crippen LogP contribution in [0.3, 0.4) is 0 Å². The highest BCUT2D eigenvalue weighted by atomic mass is 35.5. The Morgan fingerprint density at radius 2 is 2.00 bits per heavy atom. The maximum Gasteiger partial charge on any atom is 0.330 e. The lowest BCUT2D eigenvalue weighted by Crippen LogP contribution is -2.57. The number of anilines is 1. The minimum atomic E-state index is -0.128. The van der Waals surface area contributed by atoms with E-state index in [0.717, 1.165) is 61.0 Å². The van der Waals surface area contributed by atoms with Crippen LogP contribution in [0, 0.1) is 23.2 Å². The average Bonchev–Trinajstić information content (AvgIpc) is 3.28. The molecule has 4 unspecified atom stereocenters. The van der Waals surface area contributed by atoms with Gasteiger partial charge in [0.15, 0.2) is 5.65 Å². The summed E-state index contributed by atoms with van der Waals surface area (Å²) in [6.07, 6.45) is 14.1. The summed E-state index contributed by atoms with van der Waals surface area (Å²) in [5.74, 6) is 2.24. The zero-order valence-corrected chi connectivity index (χ0v) is 19.9. The fourth-order valence-corrected chi connectivity index (χ4v) is 8.49. The first-order valence-corrected chi connectivity index (χ1v) is 12.6. The van der Waals surface area contributed by atoms with Gasteiger partial charge in [-0.15, -0.1) is 0 Å². The molecule has 4 saturated carbocycles. The number of allylic oxidation sites excluding steroid dienone is 1. The monoisotopic (exact) mass is 467 g/mol. The Morgan fingerprint density at radius 1 is 1.21 bits per heavy atom. The molecule has 1 N–H and O–H groups in total.